The van der Waals surface area contributed by atoms with Crippen LogP contribution in [0.2, 0.25) is 0 Å². The Labute approximate surface area is 232 Å². The number of nitrogens with zero attached hydrogens (tertiary/aromatic N) is 8. The first-order valence-corrected chi connectivity index (χ1v) is 14.2. The fourth-order valence-corrected chi connectivity index (χ4v) is 5.52. The van der Waals surface area contributed by atoms with Crippen molar-refractivity contribution in [2.24, 2.45) is 5.92 Å². The summed E-state index contributed by atoms with van der Waals surface area (Å²) < 4.78 is 42.5. The molecule has 1 amide bonds. The molecule has 2 aliphatic rings. The molecule has 1 N–H and O–H groups in total. The van der Waals surface area contributed by atoms with Crippen molar-refractivity contribution < 1.29 is 18.0 Å². The van der Waals surface area contributed by atoms with E-state index in [0.29, 0.717) is 10.9 Å². The molecule has 40 heavy (non-hydrogen) atoms. The van der Waals surface area contributed by atoms with E-state index >= 15 is 0 Å². The molecule has 4 aromatic heterocycles. The monoisotopic (exact) mass is 571 g/mol. The second-order valence-electron chi connectivity index (χ2n) is 10.3. The van der Waals surface area contributed by atoms with Crippen LogP contribution in [0.3, 0.4) is 0 Å². The van der Waals surface area contributed by atoms with E-state index in [9.17, 15) is 18.0 Å². The molecule has 1 atom stereocenters. The van der Waals surface area contributed by atoms with Crippen molar-refractivity contribution in [2.75, 3.05) is 23.3 Å². The number of nitrogens with one attached hydrogen (secondary N) is 1. The van der Waals surface area contributed by atoms with Crippen LogP contribution in [0.5, 0.6) is 0 Å². The number of carbonyl (C=O) groups is 1. The summed E-state index contributed by atoms with van der Waals surface area (Å²) in [5.41, 5.74) is 3.07. The standard InChI is InChI=1S/C26H28F3N9OS/c1-16(26(27,28)29)11-38-15-32-35-23(38)25-34-22(13-40-25)33-24(39)18-9-20(37-12-19(31-14-37)17-5-6-17)21(10-30-18)36-7-3-2-4-8-36/h9-10,12-17H,2-8,11H2,1H3,(H,33,39). The van der Waals surface area contributed by atoms with E-state index in [1.165, 1.54) is 17.3 Å². The molecule has 1 unspecified atom stereocenters. The molecular weight excluding hydrogens is 543 g/mol. The van der Waals surface area contributed by atoms with E-state index in [1.54, 1.807) is 24.0 Å². The van der Waals surface area contributed by atoms with Crippen molar-refractivity contribution in [3.8, 4) is 16.5 Å². The Bertz CT molecular complexity index is 1500. The van der Waals surface area contributed by atoms with E-state index in [1.807, 2.05) is 10.8 Å². The van der Waals surface area contributed by atoms with Gasteiger partial charge in [-0.25, -0.2) is 15.0 Å². The maximum atomic E-state index is 13.2. The van der Waals surface area contributed by atoms with Crippen molar-refractivity contribution in [3.05, 3.63) is 47.9 Å². The van der Waals surface area contributed by atoms with Gasteiger partial charge in [-0.2, -0.15) is 13.2 Å². The Morgan fingerprint density at radius 1 is 1.15 bits per heavy atom. The van der Waals surface area contributed by atoms with Gasteiger partial charge in [-0.3, -0.25) is 4.79 Å². The molecule has 0 bridgehead atoms. The van der Waals surface area contributed by atoms with E-state index in [4.69, 9.17) is 0 Å². The van der Waals surface area contributed by atoms with Crippen LogP contribution >= 0.6 is 11.3 Å². The molecule has 5 heterocycles. The average molecular weight is 572 g/mol. The van der Waals surface area contributed by atoms with Crippen LogP contribution in [0.4, 0.5) is 24.7 Å². The van der Waals surface area contributed by atoms with Gasteiger partial charge in [-0.15, -0.1) is 21.5 Å². The molecule has 210 valence electrons. The Kier molecular flexibility index (Phi) is 7.02. The molecule has 4 aromatic rings. The van der Waals surface area contributed by atoms with Crippen LogP contribution < -0.4 is 10.2 Å². The number of carbonyl (C=O) groups excluding carboxylic acids is 1. The largest absolute Gasteiger partial charge is 0.393 e. The van der Waals surface area contributed by atoms with Gasteiger partial charge in [0, 0.05) is 37.1 Å². The van der Waals surface area contributed by atoms with Crippen LogP contribution in [-0.4, -0.2) is 59.5 Å². The zero-order valence-corrected chi connectivity index (χ0v) is 22.6. The van der Waals surface area contributed by atoms with Crippen LogP contribution in [0.25, 0.3) is 16.5 Å². The Balaban J connectivity index is 1.23. The molecule has 0 radical (unpaired) electrons. The second kappa shape index (κ2) is 10.6. The van der Waals surface area contributed by atoms with Crippen LogP contribution in [-0.2, 0) is 6.54 Å². The zero-order valence-electron chi connectivity index (χ0n) is 21.8. The fourth-order valence-electron chi connectivity index (χ4n) is 4.77. The highest BCUT2D eigenvalue weighted by Gasteiger charge is 2.36. The topological polar surface area (TPSA) is 107 Å². The number of amides is 1. The average Bonchev–Trinajstić information content (AvgIpc) is 3.29. The molecule has 1 aliphatic carbocycles. The van der Waals surface area contributed by atoms with Gasteiger partial charge in [-0.1, -0.05) is 6.92 Å². The van der Waals surface area contributed by atoms with E-state index in [0.717, 1.165) is 74.1 Å². The number of thiazole rings is 1. The zero-order chi connectivity index (χ0) is 27.9. The molecule has 0 spiro atoms. The third-order valence-corrected chi connectivity index (χ3v) is 8.09. The Morgan fingerprint density at radius 2 is 1.95 bits per heavy atom. The first-order valence-electron chi connectivity index (χ1n) is 13.3. The van der Waals surface area contributed by atoms with Crippen LogP contribution in [0.15, 0.2) is 36.5 Å². The minimum absolute atomic E-state index is 0.208. The molecule has 1 saturated carbocycles. The number of hydrogen-bond acceptors (Lipinski definition) is 8. The number of rotatable bonds is 8. The summed E-state index contributed by atoms with van der Waals surface area (Å²) in [7, 11) is 0. The normalized spacial score (nSPS) is 16.8. The number of imidazole rings is 1. The highest BCUT2D eigenvalue weighted by atomic mass is 32.1. The van der Waals surface area contributed by atoms with E-state index in [2.05, 4.69) is 35.4 Å². The van der Waals surface area contributed by atoms with Gasteiger partial charge in [0.2, 0.25) is 0 Å². The third kappa shape index (κ3) is 5.58. The lowest BCUT2D eigenvalue weighted by Crippen LogP contribution is -2.30. The van der Waals surface area contributed by atoms with Gasteiger partial charge in [-0.05, 0) is 38.2 Å². The number of aromatic nitrogens is 7. The quantitative estimate of drug-likeness (QED) is 0.306. The highest BCUT2D eigenvalue weighted by Crippen LogP contribution is 2.39. The molecule has 14 heteroatoms. The van der Waals surface area contributed by atoms with E-state index in [-0.39, 0.29) is 23.9 Å². The first-order chi connectivity index (χ1) is 19.3. The minimum Gasteiger partial charge on any atom is -0.369 e. The molecule has 10 nitrogen and oxygen atoms in total. The van der Waals surface area contributed by atoms with Gasteiger partial charge in [0.05, 0.1) is 35.5 Å². The molecule has 1 aliphatic heterocycles. The van der Waals surface area contributed by atoms with Crippen molar-refractivity contribution in [1.29, 1.82) is 0 Å². The number of pyridine rings is 1. The summed E-state index contributed by atoms with van der Waals surface area (Å²) in [5, 5.41) is 12.4. The Morgan fingerprint density at radius 3 is 2.70 bits per heavy atom. The number of anilines is 2. The second-order valence-corrected chi connectivity index (χ2v) is 11.2. The first kappa shape index (κ1) is 26.4. The lowest BCUT2D eigenvalue weighted by atomic mass is 10.1. The lowest BCUT2D eigenvalue weighted by molar-refractivity contribution is -0.172. The van der Waals surface area contributed by atoms with Gasteiger partial charge in [0.1, 0.15) is 17.8 Å². The Hall–Kier alpha value is -3.81. The smallest absolute Gasteiger partial charge is 0.369 e. The third-order valence-electron chi connectivity index (χ3n) is 7.25. The highest BCUT2D eigenvalue weighted by molar-refractivity contribution is 7.13. The predicted octanol–water partition coefficient (Wildman–Crippen LogP) is 5.30. The predicted molar refractivity (Wildman–Crippen MR) is 144 cm³/mol. The minimum atomic E-state index is -4.34. The fraction of sp³-hybridized carbons (Fsp3) is 0.462. The number of halogens is 3. The van der Waals surface area contributed by atoms with Crippen molar-refractivity contribution in [1.82, 2.24) is 34.3 Å². The van der Waals surface area contributed by atoms with Crippen molar-refractivity contribution in [3.63, 3.8) is 0 Å². The summed E-state index contributed by atoms with van der Waals surface area (Å²) >= 11 is 1.16. The van der Waals surface area contributed by atoms with Gasteiger partial charge >= 0.3 is 6.18 Å². The van der Waals surface area contributed by atoms with Crippen LogP contribution in [0, 0.1) is 5.92 Å². The lowest BCUT2D eigenvalue weighted by Gasteiger charge is -2.30. The summed E-state index contributed by atoms with van der Waals surface area (Å²) in [6, 6.07) is 1.76. The number of piperidine rings is 1. The molecular formula is C26H28F3N9OS. The summed E-state index contributed by atoms with van der Waals surface area (Å²) in [6.07, 6.45) is 8.17. The van der Waals surface area contributed by atoms with Crippen molar-refractivity contribution >= 4 is 28.7 Å². The maximum Gasteiger partial charge on any atom is 0.393 e. The van der Waals surface area contributed by atoms with Crippen LogP contribution in [0.1, 0.15) is 61.1 Å². The summed E-state index contributed by atoms with van der Waals surface area (Å²) in [5.74, 6) is -1.06. The maximum absolute atomic E-state index is 13.2. The number of hydrogen-bond donors (Lipinski definition) is 1. The van der Waals surface area contributed by atoms with Crippen molar-refractivity contribution in [2.45, 2.75) is 57.7 Å². The van der Waals surface area contributed by atoms with E-state index < -0.39 is 18.0 Å². The summed E-state index contributed by atoms with van der Waals surface area (Å²) in [6.45, 7) is 2.63. The SMILES string of the molecule is CC(Cn1cnnc1-c1nc(NC(=O)c2cc(-n3cnc(C4CC4)c3)c(N3CCCCC3)cn2)cs1)C(F)(F)F. The summed E-state index contributed by atoms with van der Waals surface area (Å²) in [4.78, 5) is 29.0. The number of alkyl halides is 3. The molecule has 1 saturated heterocycles. The van der Waals surface area contributed by atoms with Gasteiger partial charge in [0.25, 0.3) is 5.91 Å². The molecule has 2 fully saturated rings. The van der Waals surface area contributed by atoms with Gasteiger partial charge < -0.3 is 19.4 Å². The molecule has 6 rings (SSSR count). The molecule has 0 aromatic carbocycles. The van der Waals surface area contributed by atoms with Gasteiger partial charge in [0.15, 0.2) is 10.8 Å².